The lowest BCUT2D eigenvalue weighted by Crippen LogP contribution is -2.30. The summed E-state index contributed by atoms with van der Waals surface area (Å²) in [6.07, 6.45) is 0. The number of carbonyl (C=O) groups excluding carboxylic acids is 2. The fourth-order valence-corrected chi connectivity index (χ4v) is 3.08. The van der Waals surface area contributed by atoms with Gasteiger partial charge in [0.2, 0.25) is 0 Å². The van der Waals surface area contributed by atoms with Crippen LogP contribution in [0.25, 0.3) is 10.9 Å². The fraction of sp³-hybridized carbons (Fsp3) is 0.227. The van der Waals surface area contributed by atoms with Gasteiger partial charge in [-0.1, -0.05) is 18.2 Å². The van der Waals surface area contributed by atoms with Gasteiger partial charge in [-0.05, 0) is 57.2 Å². The molecule has 0 saturated heterocycles. The van der Waals surface area contributed by atoms with Gasteiger partial charge >= 0.3 is 0 Å². The minimum absolute atomic E-state index is 0.00590. The summed E-state index contributed by atoms with van der Waals surface area (Å²) < 4.78 is 0. The second-order valence-electron chi connectivity index (χ2n) is 6.34. The van der Waals surface area contributed by atoms with Crippen molar-refractivity contribution in [3.05, 3.63) is 71.4 Å². The topological polar surface area (TPSA) is 62.3 Å². The molecule has 0 radical (unpaired) electrons. The number of hydrogen-bond donors (Lipinski definition) is 1. The van der Waals surface area contributed by atoms with E-state index in [-0.39, 0.29) is 11.8 Å². The lowest BCUT2D eigenvalue weighted by molar-refractivity contribution is 0.0773. The molecule has 5 nitrogen and oxygen atoms in total. The third-order valence-corrected chi connectivity index (χ3v) is 4.53. The van der Waals surface area contributed by atoms with E-state index >= 15 is 0 Å². The molecular weight excluding hydrogens is 338 g/mol. The Bertz CT molecular complexity index is 977. The van der Waals surface area contributed by atoms with Crippen molar-refractivity contribution in [1.29, 1.82) is 0 Å². The molecule has 0 bridgehead atoms. The van der Waals surface area contributed by atoms with Crippen LogP contribution in [0, 0.1) is 6.92 Å². The molecule has 2 amide bonds. The van der Waals surface area contributed by atoms with Crippen LogP contribution < -0.4 is 5.32 Å². The summed E-state index contributed by atoms with van der Waals surface area (Å²) in [6.45, 7) is 7.12. The highest BCUT2D eigenvalue weighted by atomic mass is 16.2. The van der Waals surface area contributed by atoms with Crippen molar-refractivity contribution in [3.8, 4) is 0 Å². The number of fused-ring (bicyclic) bond motifs is 1. The number of para-hydroxylation sites is 1. The van der Waals surface area contributed by atoms with Crippen LogP contribution in [0.1, 0.15) is 40.3 Å². The third-order valence-electron chi connectivity index (χ3n) is 4.53. The number of anilines is 1. The number of aromatic nitrogens is 1. The zero-order chi connectivity index (χ0) is 19.4. The molecule has 0 unspecified atom stereocenters. The molecular formula is C22H23N3O2. The summed E-state index contributed by atoms with van der Waals surface area (Å²) >= 11 is 0. The molecule has 0 aliphatic rings. The van der Waals surface area contributed by atoms with Crippen LogP contribution in [0.2, 0.25) is 0 Å². The molecule has 0 atom stereocenters. The first-order valence-electron chi connectivity index (χ1n) is 9.10. The van der Waals surface area contributed by atoms with Crippen molar-refractivity contribution in [2.24, 2.45) is 0 Å². The molecule has 3 aromatic rings. The number of pyridine rings is 1. The van der Waals surface area contributed by atoms with E-state index < -0.39 is 0 Å². The lowest BCUT2D eigenvalue weighted by atomic mass is 10.1. The molecule has 5 heteroatoms. The van der Waals surface area contributed by atoms with Gasteiger partial charge in [-0.2, -0.15) is 0 Å². The number of nitrogens with zero attached hydrogens (tertiary/aromatic N) is 2. The smallest absolute Gasteiger partial charge is 0.256 e. The fourth-order valence-electron chi connectivity index (χ4n) is 3.08. The SMILES string of the molecule is CCN(CC)C(=O)c1ccc(NC(=O)c2cc(C)nc3ccccc23)cc1. The number of carbonyl (C=O) groups is 2. The molecule has 0 aliphatic carbocycles. The Morgan fingerprint density at radius 2 is 1.67 bits per heavy atom. The van der Waals surface area contributed by atoms with Crippen LogP contribution >= 0.6 is 0 Å². The molecule has 0 aliphatic heterocycles. The molecule has 1 aromatic heterocycles. The monoisotopic (exact) mass is 361 g/mol. The van der Waals surface area contributed by atoms with Gasteiger partial charge in [0, 0.05) is 35.4 Å². The van der Waals surface area contributed by atoms with Gasteiger partial charge < -0.3 is 10.2 Å². The number of rotatable bonds is 5. The normalized spacial score (nSPS) is 10.6. The summed E-state index contributed by atoms with van der Waals surface area (Å²) in [4.78, 5) is 31.4. The van der Waals surface area contributed by atoms with Crippen molar-refractivity contribution >= 4 is 28.4 Å². The highest BCUT2D eigenvalue weighted by Crippen LogP contribution is 2.20. The van der Waals surface area contributed by atoms with Crippen LogP contribution in [-0.4, -0.2) is 34.8 Å². The van der Waals surface area contributed by atoms with E-state index in [1.54, 1.807) is 35.2 Å². The van der Waals surface area contributed by atoms with Gasteiger partial charge in [0.1, 0.15) is 0 Å². The molecule has 1 heterocycles. The Morgan fingerprint density at radius 3 is 2.33 bits per heavy atom. The van der Waals surface area contributed by atoms with Gasteiger partial charge in [0.15, 0.2) is 0 Å². The van der Waals surface area contributed by atoms with Crippen molar-refractivity contribution in [2.45, 2.75) is 20.8 Å². The van der Waals surface area contributed by atoms with E-state index in [0.29, 0.717) is 29.9 Å². The average molecular weight is 361 g/mol. The first-order valence-corrected chi connectivity index (χ1v) is 9.10. The molecule has 0 spiro atoms. The molecule has 2 aromatic carbocycles. The van der Waals surface area contributed by atoms with Crippen LogP contribution in [-0.2, 0) is 0 Å². The van der Waals surface area contributed by atoms with Crippen LogP contribution in [0.5, 0.6) is 0 Å². The van der Waals surface area contributed by atoms with Crippen molar-refractivity contribution in [1.82, 2.24) is 9.88 Å². The Morgan fingerprint density at radius 1 is 1.00 bits per heavy atom. The van der Waals surface area contributed by atoms with Crippen LogP contribution in [0.15, 0.2) is 54.6 Å². The van der Waals surface area contributed by atoms with Gasteiger partial charge in [-0.15, -0.1) is 0 Å². The maximum Gasteiger partial charge on any atom is 0.256 e. The summed E-state index contributed by atoms with van der Waals surface area (Å²) in [5.41, 5.74) is 3.43. The van der Waals surface area contributed by atoms with Gasteiger partial charge in [-0.3, -0.25) is 14.6 Å². The van der Waals surface area contributed by atoms with E-state index in [1.165, 1.54) is 0 Å². The first-order chi connectivity index (χ1) is 13.0. The molecule has 138 valence electrons. The Labute approximate surface area is 159 Å². The maximum absolute atomic E-state index is 12.8. The Kier molecular flexibility index (Phi) is 5.50. The van der Waals surface area contributed by atoms with Crippen molar-refractivity contribution in [3.63, 3.8) is 0 Å². The summed E-state index contributed by atoms with van der Waals surface area (Å²) in [7, 11) is 0. The maximum atomic E-state index is 12.8. The summed E-state index contributed by atoms with van der Waals surface area (Å²) in [5.74, 6) is -0.201. The van der Waals surface area contributed by atoms with E-state index in [1.807, 2.05) is 45.0 Å². The molecule has 0 fully saturated rings. The Balaban J connectivity index is 1.82. The standard InChI is InChI=1S/C22H23N3O2/c1-4-25(5-2)22(27)16-10-12-17(13-11-16)24-21(26)19-14-15(3)23-20-9-7-6-8-18(19)20/h6-14H,4-5H2,1-3H3,(H,24,26). The predicted molar refractivity (Wildman–Crippen MR) is 108 cm³/mol. The van der Waals surface area contributed by atoms with Gasteiger partial charge in [0.25, 0.3) is 11.8 Å². The third kappa shape index (κ3) is 3.97. The van der Waals surface area contributed by atoms with E-state index in [9.17, 15) is 9.59 Å². The number of hydrogen-bond acceptors (Lipinski definition) is 3. The van der Waals surface area contributed by atoms with Crippen LogP contribution in [0.4, 0.5) is 5.69 Å². The second kappa shape index (κ2) is 7.99. The first kappa shape index (κ1) is 18.6. The average Bonchev–Trinajstić information content (AvgIpc) is 2.68. The second-order valence-corrected chi connectivity index (χ2v) is 6.34. The van der Waals surface area contributed by atoms with Crippen molar-refractivity contribution in [2.75, 3.05) is 18.4 Å². The number of nitrogens with one attached hydrogen (secondary N) is 1. The van der Waals surface area contributed by atoms with E-state index in [4.69, 9.17) is 0 Å². The summed E-state index contributed by atoms with van der Waals surface area (Å²) in [6, 6.07) is 16.4. The minimum atomic E-state index is -0.195. The molecule has 3 rings (SSSR count). The highest BCUT2D eigenvalue weighted by molar-refractivity contribution is 6.12. The lowest BCUT2D eigenvalue weighted by Gasteiger charge is -2.18. The summed E-state index contributed by atoms with van der Waals surface area (Å²) in [5, 5.41) is 3.72. The molecule has 0 saturated carbocycles. The quantitative estimate of drug-likeness (QED) is 0.738. The minimum Gasteiger partial charge on any atom is -0.339 e. The van der Waals surface area contributed by atoms with E-state index in [0.717, 1.165) is 16.6 Å². The highest BCUT2D eigenvalue weighted by Gasteiger charge is 2.14. The molecule has 27 heavy (non-hydrogen) atoms. The Hall–Kier alpha value is -3.21. The van der Waals surface area contributed by atoms with E-state index in [2.05, 4.69) is 10.3 Å². The number of amides is 2. The predicted octanol–water partition coefficient (Wildman–Crippen LogP) is 4.28. The molecule has 1 N–H and O–H groups in total. The van der Waals surface area contributed by atoms with Crippen LogP contribution in [0.3, 0.4) is 0 Å². The van der Waals surface area contributed by atoms with Crippen molar-refractivity contribution < 1.29 is 9.59 Å². The largest absolute Gasteiger partial charge is 0.339 e. The zero-order valence-corrected chi connectivity index (χ0v) is 15.8. The van der Waals surface area contributed by atoms with Gasteiger partial charge in [0.05, 0.1) is 11.1 Å². The number of aryl methyl sites for hydroxylation is 1. The number of benzene rings is 2. The van der Waals surface area contributed by atoms with Gasteiger partial charge in [-0.25, -0.2) is 0 Å². The zero-order valence-electron chi connectivity index (χ0n) is 15.8.